The van der Waals surface area contributed by atoms with Crippen molar-refractivity contribution in [2.45, 2.75) is 13.5 Å². The lowest BCUT2D eigenvalue weighted by molar-refractivity contribution is 0.0779. The Balaban J connectivity index is 2.14. The summed E-state index contributed by atoms with van der Waals surface area (Å²) in [5.74, 6) is 5.43. The lowest BCUT2D eigenvalue weighted by atomic mass is 10.1. The van der Waals surface area contributed by atoms with Crippen LogP contribution in [0.1, 0.15) is 21.6 Å². The number of rotatable bonds is 4. The number of carbonyl (C=O) groups excluding carboxylic acids is 1. The Morgan fingerprint density at radius 3 is 2.80 bits per heavy atom. The standard InChI is InChI=1S/C14H17N5O/c1-10-5-3-4-6-11(10)9-19(2)14(20)12-7-16-8-13(17-12)18-15/h3-8H,9,15H2,1-2H3,(H,17,18). The minimum absolute atomic E-state index is 0.196. The smallest absolute Gasteiger partial charge is 0.274 e. The van der Waals surface area contributed by atoms with Crippen molar-refractivity contribution in [3.63, 3.8) is 0 Å². The highest BCUT2D eigenvalue weighted by atomic mass is 16.2. The van der Waals surface area contributed by atoms with E-state index in [9.17, 15) is 4.79 Å². The lowest BCUT2D eigenvalue weighted by Gasteiger charge is -2.18. The Bertz CT molecular complexity index is 614. The summed E-state index contributed by atoms with van der Waals surface area (Å²) in [5.41, 5.74) is 4.89. The molecule has 0 atom stereocenters. The molecule has 0 bridgehead atoms. The fraction of sp³-hybridized carbons (Fsp3) is 0.214. The Hall–Kier alpha value is -2.47. The summed E-state index contributed by atoms with van der Waals surface area (Å²) in [6.45, 7) is 2.54. The van der Waals surface area contributed by atoms with E-state index in [0.717, 1.165) is 11.1 Å². The molecule has 1 amide bonds. The van der Waals surface area contributed by atoms with E-state index < -0.39 is 0 Å². The second kappa shape index (κ2) is 6.12. The van der Waals surface area contributed by atoms with Crippen LogP contribution in [0.5, 0.6) is 0 Å². The third-order valence-corrected chi connectivity index (χ3v) is 3.02. The van der Waals surface area contributed by atoms with E-state index in [1.54, 1.807) is 11.9 Å². The van der Waals surface area contributed by atoms with E-state index in [2.05, 4.69) is 15.4 Å². The van der Waals surface area contributed by atoms with Crippen molar-refractivity contribution < 1.29 is 4.79 Å². The van der Waals surface area contributed by atoms with Gasteiger partial charge in [-0.2, -0.15) is 0 Å². The van der Waals surface area contributed by atoms with Crippen LogP contribution in [0, 0.1) is 6.92 Å². The fourth-order valence-corrected chi connectivity index (χ4v) is 1.85. The minimum Gasteiger partial charge on any atom is -0.336 e. The van der Waals surface area contributed by atoms with Crippen molar-refractivity contribution in [1.29, 1.82) is 0 Å². The number of nitrogens with zero attached hydrogens (tertiary/aromatic N) is 3. The average molecular weight is 271 g/mol. The molecule has 1 aromatic carbocycles. The summed E-state index contributed by atoms with van der Waals surface area (Å²) < 4.78 is 0. The summed E-state index contributed by atoms with van der Waals surface area (Å²) in [6, 6.07) is 7.96. The van der Waals surface area contributed by atoms with Crippen LogP contribution >= 0.6 is 0 Å². The van der Waals surface area contributed by atoms with Crippen LogP contribution < -0.4 is 11.3 Å². The molecule has 0 saturated carbocycles. The lowest BCUT2D eigenvalue weighted by Crippen LogP contribution is -2.27. The van der Waals surface area contributed by atoms with E-state index in [1.165, 1.54) is 12.4 Å². The quantitative estimate of drug-likeness (QED) is 0.647. The largest absolute Gasteiger partial charge is 0.336 e. The van der Waals surface area contributed by atoms with Gasteiger partial charge in [0.25, 0.3) is 5.91 Å². The van der Waals surface area contributed by atoms with E-state index in [0.29, 0.717) is 12.4 Å². The first-order valence-corrected chi connectivity index (χ1v) is 6.20. The molecule has 6 nitrogen and oxygen atoms in total. The van der Waals surface area contributed by atoms with Crippen LogP contribution in [0.3, 0.4) is 0 Å². The number of amides is 1. The zero-order chi connectivity index (χ0) is 14.5. The fourth-order valence-electron chi connectivity index (χ4n) is 1.85. The Morgan fingerprint density at radius 2 is 2.10 bits per heavy atom. The van der Waals surface area contributed by atoms with Gasteiger partial charge in [-0.1, -0.05) is 24.3 Å². The second-order valence-electron chi connectivity index (χ2n) is 4.52. The highest BCUT2D eigenvalue weighted by molar-refractivity contribution is 5.92. The highest BCUT2D eigenvalue weighted by Gasteiger charge is 2.15. The maximum Gasteiger partial charge on any atom is 0.274 e. The van der Waals surface area contributed by atoms with Crippen LogP contribution in [0.2, 0.25) is 0 Å². The molecule has 2 aromatic rings. The molecule has 0 aliphatic heterocycles. The van der Waals surface area contributed by atoms with Crippen molar-refractivity contribution in [3.8, 4) is 0 Å². The highest BCUT2D eigenvalue weighted by Crippen LogP contribution is 2.11. The Labute approximate surface area is 117 Å². The number of hydrazine groups is 1. The molecular formula is C14H17N5O. The van der Waals surface area contributed by atoms with Gasteiger partial charge in [0, 0.05) is 13.6 Å². The predicted octanol–water partition coefficient (Wildman–Crippen LogP) is 1.34. The van der Waals surface area contributed by atoms with Gasteiger partial charge in [-0.3, -0.25) is 9.78 Å². The van der Waals surface area contributed by atoms with Gasteiger partial charge in [0.15, 0.2) is 5.82 Å². The van der Waals surface area contributed by atoms with E-state index in [4.69, 9.17) is 5.84 Å². The third kappa shape index (κ3) is 3.10. The number of aromatic nitrogens is 2. The van der Waals surface area contributed by atoms with E-state index in [-0.39, 0.29) is 11.6 Å². The molecule has 2 rings (SSSR count). The van der Waals surface area contributed by atoms with E-state index >= 15 is 0 Å². The molecule has 0 aliphatic carbocycles. The van der Waals surface area contributed by atoms with Crippen LogP contribution in [0.4, 0.5) is 5.82 Å². The molecule has 0 radical (unpaired) electrons. The summed E-state index contributed by atoms with van der Waals surface area (Å²) >= 11 is 0. The number of carbonyl (C=O) groups is 1. The summed E-state index contributed by atoms with van der Waals surface area (Å²) in [6.07, 6.45) is 2.88. The molecule has 6 heteroatoms. The molecule has 1 heterocycles. The third-order valence-electron chi connectivity index (χ3n) is 3.02. The molecule has 1 aromatic heterocycles. The van der Waals surface area contributed by atoms with Gasteiger partial charge >= 0.3 is 0 Å². The van der Waals surface area contributed by atoms with Gasteiger partial charge in [0.05, 0.1) is 12.4 Å². The van der Waals surface area contributed by atoms with Crippen LogP contribution in [-0.2, 0) is 6.54 Å². The number of hydrogen-bond donors (Lipinski definition) is 2. The molecule has 0 saturated heterocycles. The molecular weight excluding hydrogens is 254 g/mol. The number of benzene rings is 1. The zero-order valence-electron chi connectivity index (χ0n) is 11.5. The van der Waals surface area contributed by atoms with Gasteiger partial charge in [-0.05, 0) is 18.1 Å². The van der Waals surface area contributed by atoms with Gasteiger partial charge < -0.3 is 10.3 Å². The summed E-state index contributed by atoms with van der Waals surface area (Å²) in [5, 5.41) is 0. The maximum atomic E-state index is 12.3. The molecule has 104 valence electrons. The first-order valence-electron chi connectivity index (χ1n) is 6.20. The molecule has 0 unspecified atom stereocenters. The first kappa shape index (κ1) is 14.0. The number of hydrogen-bond acceptors (Lipinski definition) is 5. The molecule has 20 heavy (non-hydrogen) atoms. The molecule has 0 aliphatic rings. The van der Waals surface area contributed by atoms with Gasteiger partial charge in [-0.15, -0.1) is 0 Å². The molecule has 3 N–H and O–H groups in total. The SMILES string of the molecule is Cc1ccccc1CN(C)C(=O)c1cncc(NN)n1. The van der Waals surface area contributed by atoms with Crippen LogP contribution in [-0.4, -0.2) is 27.8 Å². The molecule has 0 fully saturated rings. The van der Waals surface area contributed by atoms with Crippen molar-refractivity contribution in [3.05, 3.63) is 53.5 Å². The van der Waals surface area contributed by atoms with Crippen molar-refractivity contribution >= 4 is 11.7 Å². The van der Waals surface area contributed by atoms with Gasteiger partial charge in [-0.25, -0.2) is 10.8 Å². The number of nitrogens with one attached hydrogen (secondary N) is 1. The summed E-state index contributed by atoms with van der Waals surface area (Å²) in [7, 11) is 1.74. The predicted molar refractivity (Wildman–Crippen MR) is 76.8 cm³/mol. The number of anilines is 1. The van der Waals surface area contributed by atoms with Gasteiger partial charge in [0.1, 0.15) is 5.69 Å². The number of nitrogens with two attached hydrogens (primary N) is 1. The van der Waals surface area contributed by atoms with Crippen LogP contribution in [0.15, 0.2) is 36.7 Å². The van der Waals surface area contributed by atoms with Crippen molar-refractivity contribution in [1.82, 2.24) is 14.9 Å². The normalized spacial score (nSPS) is 10.2. The maximum absolute atomic E-state index is 12.3. The number of nitrogen functional groups attached to an aromatic ring is 1. The average Bonchev–Trinajstić information content (AvgIpc) is 2.48. The Morgan fingerprint density at radius 1 is 1.35 bits per heavy atom. The minimum atomic E-state index is -0.196. The topological polar surface area (TPSA) is 84.1 Å². The van der Waals surface area contributed by atoms with Gasteiger partial charge in [0.2, 0.25) is 0 Å². The van der Waals surface area contributed by atoms with Crippen LogP contribution in [0.25, 0.3) is 0 Å². The van der Waals surface area contributed by atoms with E-state index in [1.807, 2.05) is 31.2 Å². The second-order valence-corrected chi connectivity index (χ2v) is 4.52. The monoisotopic (exact) mass is 271 g/mol. The zero-order valence-corrected chi connectivity index (χ0v) is 11.5. The first-order chi connectivity index (χ1) is 9.61. The Kier molecular flexibility index (Phi) is 4.27. The number of aryl methyl sites for hydroxylation is 1. The van der Waals surface area contributed by atoms with Crippen molar-refractivity contribution in [2.75, 3.05) is 12.5 Å². The summed E-state index contributed by atoms with van der Waals surface area (Å²) in [4.78, 5) is 21.9. The van der Waals surface area contributed by atoms with Crippen molar-refractivity contribution in [2.24, 2.45) is 5.84 Å². The molecule has 0 spiro atoms.